The molecule has 1 aromatic rings. The van der Waals surface area contributed by atoms with Gasteiger partial charge >= 0.3 is 0 Å². The topological polar surface area (TPSA) is 47.6 Å². The second kappa shape index (κ2) is 9.84. The second-order valence-electron chi connectivity index (χ2n) is 9.31. The highest BCUT2D eigenvalue weighted by molar-refractivity contribution is 5.96. The number of likely N-dealkylation sites (N-methyl/N-ethyl adjacent to an activating group) is 1. The Kier molecular flexibility index (Phi) is 6.96. The Balaban J connectivity index is 1.51. The Bertz CT molecular complexity index is 671. The van der Waals surface area contributed by atoms with Crippen LogP contribution in [0.1, 0.15) is 74.6 Å². The zero-order chi connectivity index (χ0) is 20.1. The zero-order valence-corrected chi connectivity index (χ0v) is 18.1. The summed E-state index contributed by atoms with van der Waals surface area (Å²) in [7, 11) is 2.12. The van der Waals surface area contributed by atoms with Gasteiger partial charge in [-0.3, -0.25) is 4.79 Å². The van der Waals surface area contributed by atoms with Crippen LogP contribution in [0.4, 0.5) is 11.4 Å². The summed E-state index contributed by atoms with van der Waals surface area (Å²) in [5.74, 6) is 0.175. The van der Waals surface area contributed by atoms with Crippen molar-refractivity contribution >= 4 is 17.3 Å². The summed E-state index contributed by atoms with van der Waals surface area (Å²) >= 11 is 0. The van der Waals surface area contributed by atoms with Crippen molar-refractivity contribution in [3.05, 3.63) is 23.8 Å². The third kappa shape index (κ3) is 5.44. The van der Waals surface area contributed by atoms with Crippen molar-refractivity contribution < 1.29 is 4.79 Å². The van der Waals surface area contributed by atoms with Gasteiger partial charge < -0.3 is 20.4 Å². The number of benzene rings is 1. The van der Waals surface area contributed by atoms with E-state index in [0.29, 0.717) is 12.1 Å². The molecule has 3 aliphatic rings. The maximum absolute atomic E-state index is 13.1. The van der Waals surface area contributed by atoms with Crippen LogP contribution in [0.25, 0.3) is 0 Å². The highest BCUT2D eigenvalue weighted by Crippen LogP contribution is 2.31. The molecule has 1 amide bonds. The standard InChI is InChI=1S/C24H38N4O/c1-27-14-16-28(17-15-27)24(29)19-12-13-22(25-20-8-4-2-5-9-20)23(18-19)26-21-10-6-3-7-11-21/h12-13,18,20-21,25-26H,2-11,14-17H2,1H3. The van der Waals surface area contributed by atoms with Crippen LogP contribution in [-0.4, -0.2) is 61.0 Å². The van der Waals surface area contributed by atoms with Crippen LogP contribution >= 0.6 is 0 Å². The summed E-state index contributed by atoms with van der Waals surface area (Å²) < 4.78 is 0. The number of nitrogens with zero attached hydrogens (tertiary/aromatic N) is 2. The summed E-state index contributed by atoms with van der Waals surface area (Å²) in [6.45, 7) is 3.56. The highest BCUT2D eigenvalue weighted by atomic mass is 16.2. The zero-order valence-electron chi connectivity index (χ0n) is 18.1. The van der Waals surface area contributed by atoms with Crippen LogP contribution in [0.2, 0.25) is 0 Å². The smallest absolute Gasteiger partial charge is 0.254 e. The summed E-state index contributed by atoms with van der Waals surface area (Å²) in [5, 5.41) is 7.60. The number of anilines is 2. The van der Waals surface area contributed by atoms with Gasteiger partial charge in [-0.05, 0) is 50.9 Å². The van der Waals surface area contributed by atoms with Crippen LogP contribution in [0.3, 0.4) is 0 Å². The van der Waals surface area contributed by atoms with E-state index < -0.39 is 0 Å². The third-order valence-electron chi connectivity index (χ3n) is 6.99. The van der Waals surface area contributed by atoms with E-state index in [0.717, 1.165) is 37.4 Å². The highest BCUT2D eigenvalue weighted by Gasteiger charge is 2.23. The molecule has 0 atom stereocenters. The fourth-order valence-electron chi connectivity index (χ4n) is 5.05. The summed E-state index contributed by atoms with van der Waals surface area (Å²) in [5.41, 5.74) is 3.13. The number of amides is 1. The first kappa shape index (κ1) is 20.5. The number of piperazine rings is 1. The van der Waals surface area contributed by atoms with E-state index in [9.17, 15) is 4.79 Å². The molecule has 29 heavy (non-hydrogen) atoms. The Hall–Kier alpha value is -1.75. The molecule has 0 radical (unpaired) electrons. The Morgan fingerprint density at radius 3 is 1.93 bits per heavy atom. The lowest BCUT2D eigenvalue weighted by atomic mass is 9.94. The lowest BCUT2D eigenvalue weighted by Gasteiger charge is -2.33. The summed E-state index contributed by atoms with van der Waals surface area (Å²) in [4.78, 5) is 17.4. The maximum Gasteiger partial charge on any atom is 0.254 e. The molecule has 1 aromatic carbocycles. The van der Waals surface area contributed by atoms with Gasteiger partial charge in [-0.2, -0.15) is 0 Å². The molecular formula is C24H38N4O. The summed E-state index contributed by atoms with van der Waals surface area (Å²) in [6, 6.07) is 7.38. The quantitative estimate of drug-likeness (QED) is 0.763. The molecule has 1 aliphatic heterocycles. The molecule has 0 spiro atoms. The van der Waals surface area contributed by atoms with Gasteiger partial charge in [0.1, 0.15) is 0 Å². The van der Waals surface area contributed by atoms with Crippen molar-refractivity contribution in [1.82, 2.24) is 9.80 Å². The minimum Gasteiger partial charge on any atom is -0.381 e. The number of rotatable bonds is 5. The van der Waals surface area contributed by atoms with E-state index in [2.05, 4.69) is 34.7 Å². The van der Waals surface area contributed by atoms with E-state index in [1.165, 1.54) is 69.9 Å². The fourth-order valence-corrected chi connectivity index (χ4v) is 5.05. The van der Waals surface area contributed by atoms with Crippen molar-refractivity contribution in [3.8, 4) is 0 Å². The van der Waals surface area contributed by atoms with E-state index in [1.807, 2.05) is 11.0 Å². The van der Waals surface area contributed by atoms with Crippen molar-refractivity contribution in [1.29, 1.82) is 0 Å². The van der Waals surface area contributed by atoms with Gasteiger partial charge in [-0.1, -0.05) is 38.5 Å². The van der Waals surface area contributed by atoms with Crippen molar-refractivity contribution in [2.75, 3.05) is 43.9 Å². The minimum absolute atomic E-state index is 0.175. The van der Waals surface area contributed by atoms with Gasteiger partial charge in [0, 0.05) is 43.8 Å². The minimum atomic E-state index is 0.175. The van der Waals surface area contributed by atoms with Crippen molar-refractivity contribution in [2.24, 2.45) is 0 Å². The van der Waals surface area contributed by atoms with E-state index >= 15 is 0 Å². The normalized spacial score (nSPS) is 22.4. The molecule has 0 unspecified atom stereocenters. The fraction of sp³-hybridized carbons (Fsp3) is 0.708. The Labute approximate surface area is 176 Å². The molecule has 5 heteroatoms. The molecule has 0 bridgehead atoms. The lowest BCUT2D eigenvalue weighted by molar-refractivity contribution is 0.0664. The molecule has 160 valence electrons. The lowest BCUT2D eigenvalue weighted by Crippen LogP contribution is -2.47. The predicted molar refractivity (Wildman–Crippen MR) is 121 cm³/mol. The molecule has 3 fully saturated rings. The van der Waals surface area contributed by atoms with Crippen LogP contribution in [0.15, 0.2) is 18.2 Å². The first-order valence-electron chi connectivity index (χ1n) is 11.8. The first-order valence-corrected chi connectivity index (χ1v) is 11.8. The Morgan fingerprint density at radius 2 is 1.34 bits per heavy atom. The molecule has 5 nitrogen and oxygen atoms in total. The number of hydrogen-bond acceptors (Lipinski definition) is 4. The van der Waals surface area contributed by atoms with Gasteiger partial charge in [-0.15, -0.1) is 0 Å². The first-order chi connectivity index (χ1) is 14.2. The number of hydrogen-bond donors (Lipinski definition) is 2. The molecular weight excluding hydrogens is 360 g/mol. The van der Waals surface area contributed by atoms with E-state index in [1.54, 1.807) is 0 Å². The average molecular weight is 399 g/mol. The Morgan fingerprint density at radius 1 is 0.793 bits per heavy atom. The van der Waals surface area contributed by atoms with Gasteiger partial charge in [-0.25, -0.2) is 0 Å². The van der Waals surface area contributed by atoms with Gasteiger partial charge in [0.2, 0.25) is 0 Å². The van der Waals surface area contributed by atoms with Gasteiger partial charge in [0.25, 0.3) is 5.91 Å². The van der Waals surface area contributed by atoms with Crippen molar-refractivity contribution in [3.63, 3.8) is 0 Å². The predicted octanol–water partition coefficient (Wildman–Crippen LogP) is 4.56. The monoisotopic (exact) mass is 398 g/mol. The van der Waals surface area contributed by atoms with Crippen LogP contribution < -0.4 is 10.6 Å². The van der Waals surface area contributed by atoms with Crippen molar-refractivity contribution in [2.45, 2.75) is 76.3 Å². The van der Waals surface area contributed by atoms with Gasteiger partial charge in [0.15, 0.2) is 0 Å². The molecule has 2 saturated carbocycles. The third-order valence-corrected chi connectivity index (χ3v) is 6.99. The largest absolute Gasteiger partial charge is 0.381 e. The average Bonchev–Trinajstić information content (AvgIpc) is 2.76. The van der Waals surface area contributed by atoms with Crippen LogP contribution in [-0.2, 0) is 0 Å². The summed E-state index contributed by atoms with van der Waals surface area (Å²) in [6.07, 6.45) is 13.0. The number of carbonyl (C=O) groups excluding carboxylic acids is 1. The second-order valence-corrected chi connectivity index (χ2v) is 9.31. The molecule has 2 aliphatic carbocycles. The van der Waals surface area contributed by atoms with Crippen LogP contribution in [0.5, 0.6) is 0 Å². The van der Waals surface area contributed by atoms with E-state index in [-0.39, 0.29) is 5.91 Å². The number of carbonyl (C=O) groups is 1. The molecule has 2 N–H and O–H groups in total. The van der Waals surface area contributed by atoms with E-state index in [4.69, 9.17) is 0 Å². The van der Waals surface area contributed by atoms with Crippen LogP contribution in [0, 0.1) is 0 Å². The molecule has 4 rings (SSSR count). The SMILES string of the molecule is CN1CCN(C(=O)c2ccc(NC3CCCCC3)c(NC3CCCCC3)c2)CC1. The molecule has 1 heterocycles. The molecule has 0 aromatic heterocycles. The van der Waals surface area contributed by atoms with Gasteiger partial charge in [0.05, 0.1) is 11.4 Å². The number of nitrogens with one attached hydrogen (secondary N) is 2. The maximum atomic E-state index is 13.1. The molecule has 1 saturated heterocycles.